The van der Waals surface area contributed by atoms with Gasteiger partial charge in [-0.3, -0.25) is 9.59 Å². The standard InChI is InChI=1S/C34H37F2N7O5S/c1-32(2,3)30-39-31(48-41-30)33-8-11-34(12-9-33,13-10-33)40-28(44)23-14-26-27(15-24(23)36)49(46,47)19-25(37)29(45)42(26)17-20-4-6-22(7-5-20)43-18-21(35)16-38-43/h4-7,14-16,18,25H,8-13,17,19,37H2,1-3H3,(H,40,44)/t25-,33?,34?/m0/s1. The minimum atomic E-state index is -4.20. The lowest BCUT2D eigenvalue weighted by Gasteiger charge is -2.52. The van der Waals surface area contributed by atoms with E-state index in [2.05, 4.69) is 15.6 Å². The van der Waals surface area contributed by atoms with E-state index >= 15 is 4.39 Å². The second kappa shape index (κ2) is 11.5. The molecule has 3 aliphatic carbocycles. The Morgan fingerprint density at radius 1 is 1.08 bits per heavy atom. The van der Waals surface area contributed by atoms with Gasteiger partial charge in [0.05, 0.1) is 52.6 Å². The monoisotopic (exact) mass is 693 g/mol. The van der Waals surface area contributed by atoms with Crippen LogP contribution in [0.3, 0.4) is 0 Å². The van der Waals surface area contributed by atoms with Crippen molar-refractivity contribution in [3.8, 4) is 5.69 Å². The molecule has 2 bridgehead atoms. The molecule has 0 radical (unpaired) electrons. The number of sulfone groups is 1. The van der Waals surface area contributed by atoms with Crippen LogP contribution in [0.15, 0.2) is 58.2 Å². The third-order valence-electron chi connectivity index (χ3n) is 10.2. The molecule has 2 aromatic carbocycles. The number of carbonyl (C=O) groups excluding carboxylic acids is 2. The summed E-state index contributed by atoms with van der Waals surface area (Å²) >= 11 is 0. The number of hydrogen-bond acceptors (Lipinski definition) is 9. The molecule has 258 valence electrons. The van der Waals surface area contributed by atoms with Crippen LogP contribution < -0.4 is 16.0 Å². The highest BCUT2D eigenvalue weighted by molar-refractivity contribution is 7.91. The smallest absolute Gasteiger partial charge is 0.254 e. The van der Waals surface area contributed by atoms with Crippen LogP contribution in [-0.4, -0.2) is 57.5 Å². The lowest BCUT2D eigenvalue weighted by Crippen LogP contribution is -2.58. The molecule has 12 nitrogen and oxygen atoms in total. The Bertz CT molecular complexity index is 2050. The van der Waals surface area contributed by atoms with Gasteiger partial charge in [-0.05, 0) is 68.4 Å². The average Bonchev–Trinajstić information content (AvgIpc) is 3.73. The largest absolute Gasteiger partial charge is 0.347 e. The first-order valence-electron chi connectivity index (χ1n) is 16.2. The van der Waals surface area contributed by atoms with Crippen molar-refractivity contribution < 1.29 is 31.3 Å². The number of hydrogen-bond donors (Lipinski definition) is 2. The van der Waals surface area contributed by atoms with E-state index in [1.54, 1.807) is 24.3 Å². The van der Waals surface area contributed by atoms with Gasteiger partial charge in [0, 0.05) is 16.4 Å². The van der Waals surface area contributed by atoms with Gasteiger partial charge in [-0.2, -0.15) is 10.1 Å². The number of fused-ring (bicyclic) bond motifs is 4. The third-order valence-corrected chi connectivity index (χ3v) is 12.0. The van der Waals surface area contributed by atoms with Gasteiger partial charge in [0.25, 0.3) is 5.91 Å². The Hall–Kier alpha value is -4.50. The van der Waals surface area contributed by atoms with Crippen LogP contribution in [0.1, 0.15) is 86.9 Å². The Morgan fingerprint density at radius 3 is 2.35 bits per heavy atom. The summed E-state index contributed by atoms with van der Waals surface area (Å²) in [5, 5.41) is 11.2. The summed E-state index contributed by atoms with van der Waals surface area (Å²) in [4.78, 5) is 32.8. The van der Waals surface area contributed by atoms with E-state index in [4.69, 9.17) is 15.2 Å². The predicted octanol–water partition coefficient (Wildman–Crippen LogP) is 4.25. The Balaban J connectivity index is 1.15. The van der Waals surface area contributed by atoms with E-state index in [-0.39, 0.29) is 28.6 Å². The quantitative estimate of drug-likeness (QED) is 0.300. The van der Waals surface area contributed by atoms with Crippen molar-refractivity contribution in [1.82, 2.24) is 25.2 Å². The maximum absolute atomic E-state index is 15.7. The molecule has 0 saturated heterocycles. The number of halogens is 2. The van der Waals surface area contributed by atoms with Crippen LogP contribution in [0.5, 0.6) is 0 Å². The van der Waals surface area contributed by atoms with Crippen LogP contribution in [0, 0.1) is 11.6 Å². The number of anilines is 1. The van der Waals surface area contributed by atoms with E-state index in [1.807, 2.05) is 20.8 Å². The summed E-state index contributed by atoms with van der Waals surface area (Å²) in [5.41, 5.74) is 5.57. The molecule has 8 rings (SSSR count). The first-order valence-corrected chi connectivity index (χ1v) is 17.8. The molecule has 0 unspecified atom stereocenters. The highest BCUT2D eigenvalue weighted by Gasteiger charge is 2.53. The third kappa shape index (κ3) is 5.92. The fraction of sp³-hybridized carbons (Fsp3) is 0.441. The zero-order valence-corrected chi connectivity index (χ0v) is 28.2. The van der Waals surface area contributed by atoms with Gasteiger partial charge < -0.3 is 20.5 Å². The van der Waals surface area contributed by atoms with Crippen LogP contribution in [0.4, 0.5) is 14.5 Å². The van der Waals surface area contributed by atoms with Gasteiger partial charge in [0.1, 0.15) is 5.82 Å². The zero-order chi connectivity index (χ0) is 34.9. The van der Waals surface area contributed by atoms with Gasteiger partial charge in [0.15, 0.2) is 21.5 Å². The van der Waals surface area contributed by atoms with Crippen LogP contribution in [-0.2, 0) is 32.0 Å². The number of amides is 2. The molecule has 3 heterocycles. The number of benzene rings is 2. The Morgan fingerprint density at radius 2 is 1.76 bits per heavy atom. The molecule has 4 aromatic rings. The van der Waals surface area contributed by atoms with Crippen molar-refractivity contribution in [3.05, 3.63) is 83.3 Å². The molecule has 4 aliphatic rings. The fourth-order valence-corrected chi connectivity index (χ4v) is 8.75. The van der Waals surface area contributed by atoms with Crippen molar-refractivity contribution in [1.29, 1.82) is 0 Å². The van der Waals surface area contributed by atoms with E-state index in [9.17, 15) is 22.4 Å². The SMILES string of the molecule is CC(C)(C)c1noc(C23CCC(NC(=O)c4cc5c(cc4F)S(=O)(=O)C[C@H](N)C(=O)N5Cc4ccc(-n5cc(F)cn5)cc4)(CC2)CC3)n1. The van der Waals surface area contributed by atoms with Gasteiger partial charge >= 0.3 is 0 Å². The Kier molecular flexibility index (Phi) is 7.78. The molecule has 0 spiro atoms. The molecule has 2 aromatic heterocycles. The van der Waals surface area contributed by atoms with E-state index in [0.717, 1.165) is 18.3 Å². The van der Waals surface area contributed by atoms with Gasteiger partial charge in [-0.1, -0.05) is 38.1 Å². The summed E-state index contributed by atoms with van der Waals surface area (Å²) in [6.45, 7) is 5.94. The molecule has 1 atom stereocenters. The number of rotatable bonds is 6. The van der Waals surface area contributed by atoms with Crippen LogP contribution in [0.2, 0.25) is 0 Å². The summed E-state index contributed by atoms with van der Waals surface area (Å²) in [6.07, 6.45) is 6.26. The van der Waals surface area contributed by atoms with Gasteiger partial charge in [-0.15, -0.1) is 0 Å². The molecule has 3 fully saturated rings. The number of nitrogens with one attached hydrogen (secondary N) is 1. The van der Waals surface area contributed by atoms with Crippen molar-refractivity contribution in [2.75, 3.05) is 10.7 Å². The molecule has 3 saturated carbocycles. The second-order valence-electron chi connectivity index (χ2n) is 14.6. The topological polar surface area (TPSA) is 166 Å². The number of nitrogens with zero attached hydrogens (tertiary/aromatic N) is 5. The lowest BCUT2D eigenvalue weighted by atomic mass is 9.57. The predicted molar refractivity (Wildman–Crippen MR) is 174 cm³/mol. The second-order valence-corrected chi connectivity index (χ2v) is 16.6. The van der Waals surface area contributed by atoms with Crippen LogP contribution >= 0.6 is 0 Å². The number of carbonyl (C=O) groups is 2. The maximum Gasteiger partial charge on any atom is 0.254 e. The summed E-state index contributed by atoms with van der Waals surface area (Å²) in [5.74, 6) is -2.37. The zero-order valence-electron chi connectivity index (χ0n) is 27.4. The normalized spacial score (nSPS) is 24.8. The van der Waals surface area contributed by atoms with Crippen molar-refractivity contribution >= 4 is 27.3 Å². The number of nitrogens with two attached hydrogens (primary N) is 1. The van der Waals surface area contributed by atoms with E-state index < -0.39 is 55.5 Å². The molecule has 15 heteroatoms. The molecule has 1 aliphatic heterocycles. The molecule has 3 N–H and O–H groups in total. The average molecular weight is 694 g/mol. The van der Waals surface area contributed by atoms with Crippen molar-refractivity contribution in [2.45, 2.75) is 93.1 Å². The minimum absolute atomic E-state index is 0.117. The van der Waals surface area contributed by atoms with Crippen LogP contribution in [0.25, 0.3) is 5.69 Å². The fourth-order valence-electron chi connectivity index (χ4n) is 7.18. The highest BCUT2D eigenvalue weighted by atomic mass is 32.2. The van der Waals surface area contributed by atoms with Gasteiger partial charge in [-0.25, -0.2) is 21.9 Å². The Labute approximate surface area is 282 Å². The molecular weight excluding hydrogens is 656 g/mol. The first-order chi connectivity index (χ1) is 23.1. The van der Waals surface area contributed by atoms with Gasteiger partial charge in [0.2, 0.25) is 11.8 Å². The summed E-state index contributed by atoms with van der Waals surface area (Å²) < 4.78 is 62.9. The molecular formula is C34H37F2N7O5S. The van der Waals surface area contributed by atoms with Crippen molar-refractivity contribution in [2.24, 2.45) is 5.73 Å². The molecule has 49 heavy (non-hydrogen) atoms. The highest BCUT2D eigenvalue weighted by Crippen LogP contribution is 2.53. The molecule has 2 amide bonds. The summed E-state index contributed by atoms with van der Waals surface area (Å²) in [7, 11) is -4.20. The minimum Gasteiger partial charge on any atom is -0.347 e. The van der Waals surface area contributed by atoms with Crippen molar-refractivity contribution in [3.63, 3.8) is 0 Å². The first kappa shape index (κ1) is 33.0. The summed E-state index contributed by atoms with van der Waals surface area (Å²) in [6, 6.07) is 7.20. The number of aromatic nitrogens is 4. The maximum atomic E-state index is 15.7. The van der Waals surface area contributed by atoms with E-state index in [1.165, 1.54) is 15.8 Å². The lowest BCUT2D eigenvalue weighted by molar-refractivity contribution is -0.119. The van der Waals surface area contributed by atoms with E-state index in [0.29, 0.717) is 61.5 Å².